The molecule has 3 aliphatic rings. The van der Waals surface area contributed by atoms with E-state index in [1.807, 2.05) is 0 Å². The van der Waals surface area contributed by atoms with Crippen molar-refractivity contribution in [3.05, 3.63) is 11.1 Å². The van der Waals surface area contributed by atoms with Crippen LogP contribution in [0.1, 0.15) is 73.6 Å². The molecule has 2 amide bonds. The largest absolute Gasteiger partial charge is 0.467 e. The molecule has 0 aromatic carbocycles. The van der Waals surface area contributed by atoms with Crippen molar-refractivity contribution in [1.82, 2.24) is 10.6 Å². The van der Waals surface area contributed by atoms with E-state index < -0.39 is 35.7 Å². The molecule has 0 bridgehead atoms. The second kappa shape index (κ2) is 11.7. The maximum atomic E-state index is 12.9. The molecule has 1 heterocycles. The Morgan fingerprint density at radius 2 is 1.92 bits per heavy atom. The summed E-state index contributed by atoms with van der Waals surface area (Å²) in [4.78, 5) is 50.1. The normalized spacial score (nSPS) is 28.8. The van der Waals surface area contributed by atoms with Gasteiger partial charge in [0, 0.05) is 17.4 Å². The van der Waals surface area contributed by atoms with Crippen molar-refractivity contribution in [3.8, 4) is 0 Å². The number of methoxy groups -OCH3 is 1. The van der Waals surface area contributed by atoms with E-state index in [2.05, 4.69) is 29.2 Å². The fraction of sp³-hybridized carbons (Fsp3) is 0.778. The third-order valence-corrected chi connectivity index (χ3v) is 8.82. The SMILES string of the molecule is COC(=O)[C@H](C)NC(=O)[C@@H](CSC[C@H]1C(=O)O[C@@H]2C3=C(C)CCC[C@@]3(C)CC[C@@H]21)NC(=O)OC(C)(C)C. The topological polar surface area (TPSA) is 120 Å². The van der Waals surface area contributed by atoms with Crippen LogP contribution in [0.3, 0.4) is 0 Å². The predicted octanol–water partition coefficient (Wildman–Crippen LogP) is 3.75. The zero-order valence-corrected chi connectivity index (χ0v) is 23.9. The number of nitrogens with one attached hydrogen (secondary N) is 2. The van der Waals surface area contributed by atoms with E-state index in [0.717, 1.165) is 25.7 Å². The van der Waals surface area contributed by atoms with Crippen molar-refractivity contribution in [2.24, 2.45) is 17.3 Å². The molecule has 9 nitrogen and oxygen atoms in total. The monoisotopic (exact) mass is 538 g/mol. The van der Waals surface area contributed by atoms with Crippen molar-refractivity contribution in [2.45, 2.75) is 97.4 Å². The third-order valence-electron chi connectivity index (χ3n) is 7.66. The molecule has 1 saturated heterocycles. The average Bonchev–Trinajstić information content (AvgIpc) is 3.10. The molecule has 0 aromatic heterocycles. The third kappa shape index (κ3) is 7.00. The minimum atomic E-state index is -0.960. The molecule has 6 atom stereocenters. The second-order valence-electron chi connectivity index (χ2n) is 11.8. The molecule has 2 fully saturated rings. The van der Waals surface area contributed by atoms with Gasteiger partial charge in [0.1, 0.15) is 23.8 Å². The lowest BCUT2D eigenvalue weighted by Crippen LogP contribution is -2.53. The summed E-state index contributed by atoms with van der Waals surface area (Å²) in [5, 5.41) is 5.18. The highest BCUT2D eigenvalue weighted by atomic mass is 32.2. The number of rotatable bonds is 8. The van der Waals surface area contributed by atoms with Crippen LogP contribution in [0.2, 0.25) is 0 Å². The van der Waals surface area contributed by atoms with E-state index in [1.165, 1.54) is 43.4 Å². The quantitative estimate of drug-likeness (QED) is 0.272. The zero-order chi connectivity index (χ0) is 27.5. The van der Waals surface area contributed by atoms with Gasteiger partial charge in [-0.25, -0.2) is 9.59 Å². The van der Waals surface area contributed by atoms with E-state index in [-0.39, 0.29) is 35.1 Å². The summed E-state index contributed by atoms with van der Waals surface area (Å²) in [6, 6.07) is -1.84. The van der Waals surface area contributed by atoms with Crippen LogP contribution in [0, 0.1) is 17.3 Å². The first-order valence-corrected chi connectivity index (χ1v) is 14.3. The number of thioether (sulfide) groups is 1. The Hall–Kier alpha value is -2.23. The highest BCUT2D eigenvalue weighted by Crippen LogP contribution is 2.55. The summed E-state index contributed by atoms with van der Waals surface area (Å²) in [6.07, 6.45) is 4.47. The van der Waals surface area contributed by atoms with Crippen molar-refractivity contribution in [2.75, 3.05) is 18.6 Å². The Bertz CT molecular complexity index is 944. The van der Waals surface area contributed by atoms with Gasteiger partial charge in [0.05, 0.1) is 13.0 Å². The Balaban J connectivity index is 1.66. The van der Waals surface area contributed by atoms with Gasteiger partial charge >= 0.3 is 18.0 Å². The molecule has 208 valence electrons. The Morgan fingerprint density at radius 3 is 2.57 bits per heavy atom. The fourth-order valence-electron chi connectivity index (χ4n) is 5.86. The molecule has 10 heteroatoms. The van der Waals surface area contributed by atoms with Crippen molar-refractivity contribution in [1.29, 1.82) is 0 Å². The summed E-state index contributed by atoms with van der Waals surface area (Å²) in [7, 11) is 1.24. The Kier molecular flexibility index (Phi) is 9.24. The van der Waals surface area contributed by atoms with Gasteiger partial charge < -0.3 is 24.8 Å². The smallest absolute Gasteiger partial charge is 0.408 e. The van der Waals surface area contributed by atoms with Gasteiger partial charge in [-0.15, -0.1) is 0 Å². The van der Waals surface area contributed by atoms with Gasteiger partial charge in [-0.3, -0.25) is 9.59 Å². The van der Waals surface area contributed by atoms with Gasteiger partial charge in [-0.1, -0.05) is 12.5 Å². The van der Waals surface area contributed by atoms with Crippen LogP contribution in [0.4, 0.5) is 4.79 Å². The van der Waals surface area contributed by atoms with Gasteiger partial charge in [0.2, 0.25) is 5.91 Å². The summed E-state index contributed by atoms with van der Waals surface area (Å²) in [6.45, 7) is 11.2. The molecular weight excluding hydrogens is 496 g/mol. The van der Waals surface area contributed by atoms with Crippen LogP contribution in [0.15, 0.2) is 11.1 Å². The molecule has 37 heavy (non-hydrogen) atoms. The first-order valence-electron chi connectivity index (χ1n) is 13.1. The van der Waals surface area contributed by atoms with Crippen LogP contribution in [-0.2, 0) is 28.6 Å². The van der Waals surface area contributed by atoms with Crippen molar-refractivity contribution < 1.29 is 33.4 Å². The van der Waals surface area contributed by atoms with Crippen LogP contribution >= 0.6 is 11.8 Å². The summed E-state index contributed by atoms with van der Waals surface area (Å²) < 4.78 is 16.0. The van der Waals surface area contributed by atoms with Gasteiger partial charge in [0.25, 0.3) is 0 Å². The summed E-state index contributed by atoms with van der Waals surface area (Å²) in [5.74, 6) is -0.747. The molecule has 0 spiro atoms. The molecule has 0 radical (unpaired) electrons. The van der Waals surface area contributed by atoms with E-state index in [1.54, 1.807) is 20.8 Å². The van der Waals surface area contributed by atoms with E-state index in [9.17, 15) is 19.2 Å². The molecule has 2 N–H and O–H groups in total. The summed E-state index contributed by atoms with van der Waals surface area (Å²) in [5.41, 5.74) is 2.07. The Morgan fingerprint density at radius 1 is 1.22 bits per heavy atom. The standard InChI is InChI=1S/C27H42N2O7S/c1-15-9-8-11-27(6)12-10-17-18(24(32)35-21(17)20(15)27)13-37-14-19(29-25(33)36-26(3,4)5)22(30)28-16(2)23(31)34-7/h16-19,21H,8-14H2,1-7H3,(H,28,30)(H,29,33)/t16-,17+,18+,19+,21-,27-/m0/s1. The molecule has 0 aromatic rings. The lowest BCUT2D eigenvalue weighted by atomic mass is 9.59. The predicted molar refractivity (Wildman–Crippen MR) is 141 cm³/mol. The molecule has 1 aliphatic heterocycles. The van der Waals surface area contributed by atoms with Crippen molar-refractivity contribution in [3.63, 3.8) is 0 Å². The van der Waals surface area contributed by atoms with Crippen LogP contribution in [0.25, 0.3) is 0 Å². The molecular formula is C27H42N2O7S. The number of hydrogen-bond donors (Lipinski definition) is 2. The molecule has 0 unspecified atom stereocenters. The first kappa shape index (κ1) is 29.3. The maximum absolute atomic E-state index is 12.9. The molecule has 3 rings (SSSR count). The van der Waals surface area contributed by atoms with Gasteiger partial charge in [-0.2, -0.15) is 11.8 Å². The average molecular weight is 539 g/mol. The number of carbonyl (C=O) groups excluding carboxylic acids is 4. The fourth-order valence-corrected chi connectivity index (χ4v) is 7.10. The highest BCUT2D eigenvalue weighted by Gasteiger charge is 2.54. The number of amides is 2. The number of allylic oxidation sites excluding steroid dienone is 1. The van der Waals surface area contributed by atoms with Gasteiger partial charge in [-0.05, 0) is 77.7 Å². The van der Waals surface area contributed by atoms with Crippen LogP contribution in [0.5, 0.6) is 0 Å². The Labute approximate surface area is 224 Å². The second-order valence-corrected chi connectivity index (χ2v) is 12.8. The maximum Gasteiger partial charge on any atom is 0.408 e. The first-order chi connectivity index (χ1) is 17.3. The highest BCUT2D eigenvalue weighted by molar-refractivity contribution is 7.99. The van der Waals surface area contributed by atoms with Crippen LogP contribution < -0.4 is 10.6 Å². The number of alkyl carbamates (subject to hydrolysis) is 1. The number of ether oxygens (including phenoxy) is 3. The minimum absolute atomic E-state index is 0.114. The number of carbonyl (C=O) groups is 4. The number of fused-ring (bicyclic) bond motifs is 3. The lowest BCUT2D eigenvalue weighted by molar-refractivity contribution is -0.144. The zero-order valence-electron chi connectivity index (χ0n) is 23.1. The van der Waals surface area contributed by atoms with E-state index >= 15 is 0 Å². The molecule has 2 aliphatic carbocycles. The van der Waals surface area contributed by atoms with Crippen LogP contribution in [-0.4, -0.2) is 66.3 Å². The minimum Gasteiger partial charge on any atom is -0.467 e. The number of hydrogen-bond acceptors (Lipinski definition) is 8. The van der Waals surface area contributed by atoms with E-state index in [4.69, 9.17) is 9.47 Å². The molecule has 1 saturated carbocycles. The van der Waals surface area contributed by atoms with E-state index in [0.29, 0.717) is 5.75 Å². The lowest BCUT2D eigenvalue weighted by Gasteiger charge is -2.46. The number of esters is 2. The van der Waals surface area contributed by atoms with Gasteiger partial charge in [0.15, 0.2) is 0 Å². The summed E-state index contributed by atoms with van der Waals surface area (Å²) >= 11 is 1.41. The van der Waals surface area contributed by atoms with Crippen molar-refractivity contribution >= 4 is 35.7 Å².